The number of non-ortho nitro benzene ring substituents is 1. The lowest BCUT2D eigenvalue weighted by Crippen LogP contribution is -2.40. The smallest absolute Gasteiger partial charge is 0.338 e. The number of ether oxygens (including phenoxy) is 1. The Morgan fingerprint density at radius 3 is 2.34 bits per heavy atom. The highest BCUT2D eigenvalue weighted by atomic mass is 32.2. The molecule has 2 aromatic carbocycles. The first-order chi connectivity index (χ1) is 15.2. The SMILES string of the molecule is CC[C@@H](OS(=O)(=O)c1ccc([N+](=O)[O-])cc1)[C@@H](F)[C@H](C=NOC)OC(=O)c1ccccc1. The second kappa shape index (κ2) is 11.3. The van der Waals surface area contributed by atoms with E-state index in [-0.39, 0.29) is 17.7 Å². The predicted molar refractivity (Wildman–Crippen MR) is 111 cm³/mol. The number of oxime groups is 1. The third kappa shape index (κ3) is 6.56. The van der Waals surface area contributed by atoms with Crippen molar-refractivity contribution in [1.29, 1.82) is 0 Å². The summed E-state index contributed by atoms with van der Waals surface area (Å²) in [4.78, 5) is 26.5. The zero-order valence-electron chi connectivity index (χ0n) is 17.2. The number of benzene rings is 2. The van der Waals surface area contributed by atoms with E-state index < -0.39 is 44.3 Å². The predicted octanol–water partition coefficient (Wildman–Crippen LogP) is 3.27. The van der Waals surface area contributed by atoms with Crippen LogP contribution in [0, 0.1) is 10.1 Å². The topological polar surface area (TPSA) is 134 Å². The molecule has 0 aliphatic carbocycles. The summed E-state index contributed by atoms with van der Waals surface area (Å²) in [6, 6.07) is 11.7. The van der Waals surface area contributed by atoms with Crippen LogP contribution in [-0.2, 0) is 23.9 Å². The van der Waals surface area contributed by atoms with E-state index >= 15 is 4.39 Å². The van der Waals surface area contributed by atoms with E-state index in [1.165, 1.54) is 26.2 Å². The Bertz CT molecular complexity index is 1050. The summed E-state index contributed by atoms with van der Waals surface area (Å²) in [5.41, 5.74) is -0.161. The second-order valence-corrected chi connectivity index (χ2v) is 7.94. The maximum Gasteiger partial charge on any atom is 0.338 e. The number of hydrogen-bond acceptors (Lipinski definition) is 9. The van der Waals surface area contributed by atoms with Crippen LogP contribution in [0.2, 0.25) is 0 Å². The number of rotatable bonds is 11. The van der Waals surface area contributed by atoms with Crippen LogP contribution in [0.3, 0.4) is 0 Å². The van der Waals surface area contributed by atoms with Crippen LogP contribution in [-0.4, -0.2) is 51.0 Å². The Kier molecular flexibility index (Phi) is 8.79. The molecule has 0 spiro atoms. The minimum absolute atomic E-state index is 0.104. The quantitative estimate of drug-likeness (QED) is 0.161. The highest BCUT2D eigenvalue weighted by molar-refractivity contribution is 7.86. The van der Waals surface area contributed by atoms with Crippen molar-refractivity contribution >= 4 is 28.0 Å². The van der Waals surface area contributed by atoms with Crippen molar-refractivity contribution in [3.05, 3.63) is 70.3 Å². The fourth-order valence-corrected chi connectivity index (χ4v) is 3.72. The van der Waals surface area contributed by atoms with E-state index in [2.05, 4.69) is 9.99 Å². The fourth-order valence-electron chi connectivity index (χ4n) is 2.57. The Morgan fingerprint density at radius 1 is 1.19 bits per heavy atom. The number of esters is 1. The standard InChI is InChI=1S/C20H21FN2O8S/c1-3-17(31-32(27,28)16-11-9-15(10-12-16)23(25)26)19(21)18(13-22-29-2)30-20(24)14-7-5-4-6-8-14/h4-13,17-19H,3H2,1-2H3/t17-,18+,19-/m1/s1. The molecule has 3 atom stereocenters. The molecule has 0 N–H and O–H groups in total. The molecule has 172 valence electrons. The third-order valence-corrected chi connectivity index (χ3v) is 5.57. The molecule has 10 nitrogen and oxygen atoms in total. The van der Waals surface area contributed by atoms with Crippen LogP contribution in [0.25, 0.3) is 0 Å². The van der Waals surface area contributed by atoms with Crippen molar-refractivity contribution in [3.63, 3.8) is 0 Å². The van der Waals surface area contributed by atoms with Crippen molar-refractivity contribution in [2.24, 2.45) is 5.16 Å². The number of carbonyl (C=O) groups excluding carboxylic acids is 1. The maximum absolute atomic E-state index is 15.2. The summed E-state index contributed by atoms with van der Waals surface area (Å²) in [5.74, 6) is -0.853. The van der Waals surface area contributed by atoms with E-state index in [0.29, 0.717) is 0 Å². The van der Waals surface area contributed by atoms with E-state index in [4.69, 9.17) is 8.92 Å². The van der Waals surface area contributed by atoms with Crippen LogP contribution in [0.1, 0.15) is 23.7 Å². The second-order valence-electron chi connectivity index (χ2n) is 6.37. The molecular weight excluding hydrogens is 447 g/mol. The van der Waals surface area contributed by atoms with Crippen molar-refractivity contribution in [3.8, 4) is 0 Å². The van der Waals surface area contributed by atoms with Crippen LogP contribution in [0.5, 0.6) is 0 Å². The average Bonchev–Trinajstić information content (AvgIpc) is 2.80. The van der Waals surface area contributed by atoms with Crippen LogP contribution < -0.4 is 0 Å². The van der Waals surface area contributed by atoms with Gasteiger partial charge in [0, 0.05) is 12.1 Å². The lowest BCUT2D eigenvalue weighted by atomic mass is 10.1. The first kappa shape index (κ1) is 24.9. The molecule has 2 aromatic rings. The molecule has 2 rings (SSSR count). The monoisotopic (exact) mass is 468 g/mol. The van der Waals surface area contributed by atoms with Gasteiger partial charge in [0.05, 0.1) is 21.6 Å². The highest BCUT2D eigenvalue weighted by Gasteiger charge is 2.35. The zero-order valence-corrected chi connectivity index (χ0v) is 18.0. The molecule has 32 heavy (non-hydrogen) atoms. The first-order valence-electron chi connectivity index (χ1n) is 9.34. The molecule has 0 aliphatic heterocycles. The number of carbonyl (C=O) groups is 1. The van der Waals surface area contributed by atoms with Gasteiger partial charge in [0.1, 0.15) is 13.2 Å². The minimum atomic E-state index is -4.47. The number of nitrogens with zero attached hydrogens (tertiary/aromatic N) is 2. The molecule has 0 amide bonds. The fraction of sp³-hybridized carbons (Fsp3) is 0.300. The summed E-state index contributed by atoms with van der Waals surface area (Å²) in [6.07, 6.45) is -4.50. The van der Waals surface area contributed by atoms with Crippen LogP contribution in [0.15, 0.2) is 64.6 Å². The molecule has 0 unspecified atom stereocenters. The van der Waals surface area contributed by atoms with Gasteiger partial charge in [-0.1, -0.05) is 30.3 Å². The van der Waals surface area contributed by atoms with Crippen molar-refractivity contribution in [2.75, 3.05) is 7.11 Å². The molecule has 0 saturated carbocycles. The van der Waals surface area contributed by atoms with E-state index in [0.717, 1.165) is 30.5 Å². The van der Waals surface area contributed by atoms with Gasteiger partial charge in [-0.3, -0.25) is 14.3 Å². The zero-order chi connectivity index (χ0) is 23.7. The maximum atomic E-state index is 15.2. The van der Waals surface area contributed by atoms with Gasteiger partial charge in [0.25, 0.3) is 15.8 Å². The van der Waals surface area contributed by atoms with E-state index in [1.54, 1.807) is 18.2 Å². The Balaban J connectivity index is 2.22. The molecule has 0 aromatic heterocycles. The molecular formula is C20H21FN2O8S. The van der Waals surface area contributed by atoms with Crippen LogP contribution >= 0.6 is 0 Å². The van der Waals surface area contributed by atoms with E-state index in [1.807, 2.05) is 0 Å². The lowest BCUT2D eigenvalue weighted by Gasteiger charge is -2.24. The van der Waals surface area contributed by atoms with Crippen LogP contribution in [0.4, 0.5) is 10.1 Å². The third-order valence-electron chi connectivity index (χ3n) is 4.22. The van der Waals surface area contributed by atoms with Gasteiger partial charge in [-0.05, 0) is 30.7 Å². The van der Waals surface area contributed by atoms with Gasteiger partial charge >= 0.3 is 5.97 Å². The van der Waals surface area contributed by atoms with Gasteiger partial charge in [-0.2, -0.15) is 8.42 Å². The first-order valence-corrected chi connectivity index (χ1v) is 10.7. The number of halogens is 1. The van der Waals surface area contributed by atoms with E-state index in [9.17, 15) is 23.3 Å². The Labute approximate surface area is 183 Å². The molecule has 0 radical (unpaired) electrons. The number of alkyl halides is 1. The summed E-state index contributed by atoms with van der Waals surface area (Å²) in [7, 11) is -3.27. The lowest BCUT2D eigenvalue weighted by molar-refractivity contribution is -0.384. The number of nitro benzene ring substituents is 1. The van der Waals surface area contributed by atoms with Crippen molar-refractivity contribution < 1.29 is 36.3 Å². The van der Waals surface area contributed by atoms with Gasteiger partial charge in [0.15, 0.2) is 12.3 Å². The normalized spacial score (nSPS) is 14.5. The molecule has 0 aliphatic rings. The Hall–Kier alpha value is -3.38. The van der Waals surface area contributed by atoms with Gasteiger partial charge in [0.2, 0.25) is 0 Å². The van der Waals surface area contributed by atoms with Crippen molar-refractivity contribution in [2.45, 2.75) is 36.6 Å². The number of hydrogen-bond donors (Lipinski definition) is 0. The summed E-state index contributed by atoms with van der Waals surface area (Å²) in [6.45, 7) is 1.48. The molecule has 12 heteroatoms. The highest BCUT2D eigenvalue weighted by Crippen LogP contribution is 2.23. The average molecular weight is 468 g/mol. The summed E-state index contributed by atoms with van der Waals surface area (Å²) < 4.78 is 50.5. The van der Waals surface area contributed by atoms with Gasteiger partial charge in [-0.25, -0.2) is 9.18 Å². The van der Waals surface area contributed by atoms with Crippen molar-refractivity contribution in [1.82, 2.24) is 0 Å². The molecule has 0 saturated heterocycles. The summed E-state index contributed by atoms with van der Waals surface area (Å²) in [5, 5.41) is 14.2. The minimum Gasteiger partial charge on any atom is -0.450 e. The van der Waals surface area contributed by atoms with Gasteiger partial charge < -0.3 is 9.57 Å². The summed E-state index contributed by atoms with van der Waals surface area (Å²) >= 11 is 0. The largest absolute Gasteiger partial charge is 0.450 e. The number of nitro groups is 1. The van der Waals surface area contributed by atoms with Gasteiger partial charge in [-0.15, -0.1) is 0 Å². The molecule has 0 fully saturated rings. The molecule has 0 heterocycles. The molecule has 0 bridgehead atoms. The Morgan fingerprint density at radius 2 is 1.81 bits per heavy atom.